The van der Waals surface area contributed by atoms with Crippen molar-refractivity contribution in [3.05, 3.63) is 65.7 Å². The average molecular weight is 285 g/mol. The normalized spacial score (nSPS) is 12.3. The molecule has 2 heteroatoms. The van der Waals surface area contributed by atoms with Gasteiger partial charge in [-0.1, -0.05) is 42.5 Å². The highest BCUT2D eigenvalue weighted by Crippen LogP contribution is 2.15. The van der Waals surface area contributed by atoms with Crippen molar-refractivity contribution in [1.29, 1.82) is 0 Å². The Morgan fingerprint density at radius 1 is 0.950 bits per heavy atom. The van der Waals surface area contributed by atoms with Crippen molar-refractivity contribution in [3.8, 4) is 0 Å². The van der Waals surface area contributed by atoms with Gasteiger partial charge in [0.15, 0.2) is 0 Å². The van der Waals surface area contributed by atoms with E-state index in [2.05, 4.69) is 73.1 Å². The predicted molar refractivity (Wildman–Crippen MR) is 89.3 cm³/mol. The number of thioether (sulfide) groups is 1. The van der Waals surface area contributed by atoms with Crippen LogP contribution in [0.5, 0.6) is 0 Å². The fourth-order valence-electron chi connectivity index (χ4n) is 2.17. The SMILES string of the molecule is CSc1ccc(CN[C@H](C)CCc2ccccc2)cc1. The molecular formula is C18H23NS. The summed E-state index contributed by atoms with van der Waals surface area (Å²) in [7, 11) is 0. The Bertz CT molecular complexity index is 493. The Hall–Kier alpha value is -1.25. The maximum absolute atomic E-state index is 3.60. The Kier molecular flexibility index (Phi) is 6.16. The van der Waals surface area contributed by atoms with E-state index in [1.165, 1.54) is 22.4 Å². The van der Waals surface area contributed by atoms with Crippen LogP contribution in [0.4, 0.5) is 0 Å². The highest BCUT2D eigenvalue weighted by Gasteiger charge is 2.02. The number of rotatable bonds is 7. The third-order valence-electron chi connectivity index (χ3n) is 3.52. The van der Waals surface area contributed by atoms with Gasteiger partial charge in [0, 0.05) is 17.5 Å². The molecule has 2 rings (SSSR count). The maximum Gasteiger partial charge on any atom is 0.0207 e. The summed E-state index contributed by atoms with van der Waals surface area (Å²) >= 11 is 1.79. The van der Waals surface area contributed by atoms with Crippen LogP contribution in [-0.2, 0) is 13.0 Å². The molecule has 0 spiro atoms. The maximum atomic E-state index is 3.60. The molecule has 0 bridgehead atoms. The van der Waals surface area contributed by atoms with Gasteiger partial charge in [0.2, 0.25) is 0 Å². The van der Waals surface area contributed by atoms with Crippen molar-refractivity contribution in [2.75, 3.05) is 6.26 Å². The van der Waals surface area contributed by atoms with E-state index < -0.39 is 0 Å². The minimum atomic E-state index is 0.537. The van der Waals surface area contributed by atoms with Gasteiger partial charge in [-0.05, 0) is 49.3 Å². The molecule has 0 aromatic heterocycles. The molecule has 0 aliphatic carbocycles. The smallest absolute Gasteiger partial charge is 0.0207 e. The summed E-state index contributed by atoms with van der Waals surface area (Å²) in [5.74, 6) is 0. The van der Waals surface area contributed by atoms with E-state index in [0.29, 0.717) is 6.04 Å². The number of nitrogens with one attached hydrogen (secondary N) is 1. The molecule has 0 fully saturated rings. The molecule has 0 aliphatic heterocycles. The molecule has 0 heterocycles. The standard InChI is InChI=1S/C18H23NS/c1-15(8-9-16-6-4-3-5-7-16)19-14-17-10-12-18(20-2)13-11-17/h3-7,10-13,15,19H,8-9,14H2,1-2H3/t15-/m1/s1. The third kappa shape index (κ3) is 5.03. The lowest BCUT2D eigenvalue weighted by Gasteiger charge is -2.14. The lowest BCUT2D eigenvalue weighted by molar-refractivity contribution is 0.514. The van der Waals surface area contributed by atoms with Gasteiger partial charge < -0.3 is 5.32 Å². The van der Waals surface area contributed by atoms with Gasteiger partial charge in [-0.15, -0.1) is 11.8 Å². The molecule has 1 atom stereocenters. The Morgan fingerprint density at radius 3 is 2.30 bits per heavy atom. The van der Waals surface area contributed by atoms with Crippen LogP contribution in [0.2, 0.25) is 0 Å². The van der Waals surface area contributed by atoms with E-state index in [-0.39, 0.29) is 0 Å². The molecule has 0 saturated heterocycles. The van der Waals surface area contributed by atoms with E-state index >= 15 is 0 Å². The van der Waals surface area contributed by atoms with E-state index in [4.69, 9.17) is 0 Å². The highest BCUT2D eigenvalue weighted by molar-refractivity contribution is 7.98. The first-order chi connectivity index (χ1) is 9.78. The first-order valence-electron chi connectivity index (χ1n) is 7.18. The summed E-state index contributed by atoms with van der Waals surface area (Å²) in [6.07, 6.45) is 4.42. The summed E-state index contributed by atoms with van der Waals surface area (Å²) < 4.78 is 0. The van der Waals surface area contributed by atoms with Crippen molar-refractivity contribution < 1.29 is 0 Å². The zero-order valence-electron chi connectivity index (χ0n) is 12.3. The van der Waals surface area contributed by atoms with E-state index in [1.54, 1.807) is 11.8 Å². The second-order valence-corrected chi connectivity index (χ2v) is 6.03. The van der Waals surface area contributed by atoms with Crippen LogP contribution in [0.15, 0.2) is 59.5 Å². The molecule has 20 heavy (non-hydrogen) atoms. The quantitative estimate of drug-likeness (QED) is 0.751. The minimum Gasteiger partial charge on any atom is -0.310 e. The van der Waals surface area contributed by atoms with Gasteiger partial charge in [-0.2, -0.15) is 0 Å². The molecule has 2 aromatic rings. The van der Waals surface area contributed by atoms with Crippen LogP contribution in [0.25, 0.3) is 0 Å². The van der Waals surface area contributed by atoms with E-state index in [9.17, 15) is 0 Å². The molecule has 1 nitrogen and oxygen atoms in total. The fraction of sp³-hybridized carbons (Fsp3) is 0.333. The zero-order chi connectivity index (χ0) is 14.2. The summed E-state index contributed by atoms with van der Waals surface area (Å²) in [5, 5.41) is 3.60. The first-order valence-corrected chi connectivity index (χ1v) is 8.40. The summed E-state index contributed by atoms with van der Waals surface area (Å²) in [4.78, 5) is 1.32. The number of hydrogen-bond acceptors (Lipinski definition) is 2. The second-order valence-electron chi connectivity index (χ2n) is 5.15. The van der Waals surface area contributed by atoms with Crippen molar-refractivity contribution in [3.63, 3.8) is 0 Å². The summed E-state index contributed by atoms with van der Waals surface area (Å²) in [5.41, 5.74) is 2.78. The number of hydrogen-bond donors (Lipinski definition) is 1. The predicted octanol–water partition coefficient (Wildman–Crippen LogP) is 4.52. The molecule has 2 aromatic carbocycles. The minimum absolute atomic E-state index is 0.537. The number of aryl methyl sites for hydroxylation is 1. The molecule has 0 aliphatic rings. The zero-order valence-corrected chi connectivity index (χ0v) is 13.1. The van der Waals surface area contributed by atoms with Crippen molar-refractivity contribution in [2.24, 2.45) is 0 Å². The third-order valence-corrected chi connectivity index (χ3v) is 4.27. The Labute approximate surface area is 126 Å². The van der Waals surface area contributed by atoms with Crippen LogP contribution >= 0.6 is 11.8 Å². The van der Waals surface area contributed by atoms with Crippen LogP contribution in [-0.4, -0.2) is 12.3 Å². The van der Waals surface area contributed by atoms with Gasteiger partial charge in [-0.25, -0.2) is 0 Å². The van der Waals surface area contributed by atoms with Crippen molar-refractivity contribution in [2.45, 2.75) is 37.2 Å². The molecule has 106 valence electrons. The van der Waals surface area contributed by atoms with Gasteiger partial charge in [0.25, 0.3) is 0 Å². The average Bonchev–Trinajstić information content (AvgIpc) is 2.52. The molecule has 0 unspecified atom stereocenters. The van der Waals surface area contributed by atoms with Crippen LogP contribution < -0.4 is 5.32 Å². The molecule has 1 N–H and O–H groups in total. The van der Waals surface area contributed by atoms with Gasteiger partial charge in [-0.3, -0.25) is 0 Å². The topological polar surface area (TPSA) is 12.0 Å². The summed E-state index contributed by atoms with van der Waals surface area (Å²) in [6, 6.07) is 20.0. The second kappa shape index (κ2) is 8.13. The largest absolute Gasteiger partial charge is 0.310 e. The fourth-order valence-corrected chi connectivity index (χ4v) is 2.57. The number of benzene rings is 2. The lowest BCUT2D eigenvalue weighted by Crippen LogP contribution is -2.25. The van der Waals surface area contributed by atoms with Crippen LogP contribution in [0.3, 0.4) is 0 Å². The molecule has 0 saturated carbocycles. The van der Waals surface area contributed by atoms with Crippen molar-refractivity contribution >= 4 is 11.8 Å². The Morgan fingerprint density at radius 2 is 1.65 bits per heavy atom. The van der Waals surface area contributed by atoms with E-state index in [0.717, 1.165) is 13.0 Å². The lowest BCUT2D eigenvalue weighted by atomic mass is 10.1. The molecule has 0 amide bonds. The Balaban J connectivity index is 1.73. The van der Waals surface area contributed by atoms with Crippen LogP contribution in [0, 0.1) is 0 Å². The molecule has 0 radical (unpaired) electrons. The monoisotopic (exact) mass is 285 g/mol. The van der Waals surface area contributed by atoms with Crippen molar-refractivity contribution in [1.82, 2.24) is 5.32 Å². The van der Waals surface area contributed by atoms with E-state index in [1.807, 2.05) is 0 Å². The van der Waals surface area contributed by atoms with Crippen LogP contribution in [0.1, 0.15) is 24.5 Å². The van der Waals surface area contributed by atoms with Gasteiger partial charge >= 0.3 is 0 Å². The van der Waals surface area contributed by atoms with Gasteiger partial charge in [0.1, 0.15) is 0 Å². The first kappa shape index (κ1) is 15.1. The molecular weight excluding hydrogens is 262 g/mol. The summed E-state index contributed by atoms with van der Waals surface area (Å²) in [6.45, 7) is 3.21. The van der Waals surface area contributed by atoms with Gasteiger partial charge in [0.05, 0.1) is 0 Å². The highest BCUT2D eigenvalue weighted by atomic mass is 32.2.